The fourth-order valence-corrected chi connectivity index (χ4v) is 5.41. The summed E-state index contributed by atoms with van der Waals surface area (Å²) in [6.45, 7) is 4.30. The minimum absolute atomic E-state index is 0.938. The van der Waals surface area contributed by atoms with Crippen LogP contribution in [0.2, 0.25) is 0 Å². The van der Waals surface area contributed by atoms with Gasteiger partial charge in [0.15, 0.2) is 0 Å². The number of benzene rings is 5. The molecular formula is C33H24O. The lowest BCUT2D eigenvalue weighted by Gasteiger charge is -2.09. The van der Waals surface area contributed by atoms with Crippen LogP contribution in [0.1, 0.15) is 22.3 Å². The van der Waals surface area contributed by atoms with E-state index in [1.165, 1.54) is 66.4 Å². The Kier molecular flexibility index (Phi) is 4.10. The SMILES string of the molecule is Cc1ccc2c(c1)-c1cc(-c3cccc(-c4ccc5oc6ccc(C)cc6c5c4)c3)ccc1C2. The zero-order chi connectivity index (χ0) is 22.8. The number of hydrogen-bond acceptors (Lipinski definition) is 1. The molecule has 0 aliphatic heterocycles. The van der Waals surface area contributed by atoms with E-state index in [1.54, 1.807) is 0 Å². The molecule has 34 heavy (non-hydrogen) atoms. The van der Waals surface area contributed by atoms with Gasteiger partial charge in [-0.15, -0.1) is 0 Å². The molecule has 1 aromatic heterocycles. The van der Waals surface area contributed by atoms with E-state index in [2.05, 4.69) is 111 Å². The molecule has 1 heterocycles. The minimum atomic E-state index is 0.938. The maximum atomic E-state index is 6.07. The molecule has 162 valence electrons. The maximum Gasteiger partial charge on any atom is 0.135 e. The van der Waals surface area contributed by atoms with Gasteiger partial charge in [-0.05, 0) is 101 Å². The normalized spacial score (nSPS) is 12.3. The van der Waals surface area contributed by atoms with E-state index >= 15 is 0 Å². The average Bonchev–Trinajstić information content (AvgIpc) is 3.41. The van der Waals surface area contributed by atoms with Crippen molar-refractivity contribution in [3.8, 4) is 33.4 Å². The Morgan fingerprint density at radius 2 is 1.06 bits per heavy atom. The molecule has 1 aliphatic rings. The highest BCUT2D eigenvalue weighted by atomic mass is 16.3. The third-order valence-electron chi connectivity index (χ3n) is 7.20. The van der Waals surface area contributed by atoms with Crippen LogP contribution in [-0.4, -0.2) is 0 Å². The van der Waals surface area contributed by atoms with E-state index in [0.717, 1.165) is 17.6 Å². The number of aryl methyl sites for hydroxylation is 2. The zero-order valence-electron chi connectivity index (χ0n) is 19.4. The monoisotopic (exact) mass is 436 g/mol. The summed E-state index contributed by atoms with van der Waals surface area (Å²) in [5, 5.41) is 2.35. The third kappa shape index (κ3) is 3.01. The first kappa shape index (κ1) is 19.4. The molecule has 0 atom stereocenters. The summed E-state index contributed by atoms with van der Waals surface area (Å²) in [7, 11) is 0. The van der Waals surface area contributed by atoms with Crippen LogP contribution in [0.4, 0.5) is 0 Å². The van der Waals surface area contributed by atoms with Gasteiger partial charge in [0.1, 0.15) is 11.2 Å². The van der Waals surface area contributed by atoms with Gasteiger partial charge < -0.3 is 4.42 Å². The van der Waals surface area contributed by atoms with Crippen LogP contribution in [0, 0.1) is 13.8 Å². The molecule has 0 spiro atoms. The smallest absolute Gasteiger partial charge is 0.135 e. The van der Waals surface area contributed by atoms with Gasteiger partial charge in [-0.25, -0.2) is 0 Å². The predicted octanol–water partition coefficient (Wildman–Crippen LogP) is 9.11. The second-order valence-electron chi connectivity index (χ2n) is 9.60. The lowest BCUT2D eigenvalue weighted by Crippen LogP contribution is -1.85. The van der Waals surface area contributed by atoms with Crippen LogP contribution in [0.5, 0.6) is 0 Å². The van der Waals surface area contributed by atoms with Crippen molar-refractivity contribution in [3.63, 3.8) is 0 Å². The first-order chi connectivity index (χ1) is 16.6. The highest BCUT2D eigenvalue weighted by Crippen LogP contribution is 2.40. The second kappa shape index (κ2) is 7.20. The Bertz CT molecular complexity index is 1750. The van der Waals surface area contributed by atoms with Gasteiger partial charge in [0.2, 0.25) is 0 Å². The quantitative estimate of drug-likeness (QED) is 0.263. The van der Waals surface area contributed by atoms with Gasteiger partial charge in [0.05, 0.1) is 0 Å². The van der Waals surface area contributed by atoms with Crippen molar-refractivity contribution in [2.45, 2.75) is 20.3 Å². The molecule has 0 radical (unpaired) electrons. The minimum Gasteiger partial charge on any atom is -0.456 e. The molecule has 0 bridgehead atoms. The van der Waals surface area contributed by atoms with Crippen molar-refractivity contribution < 1.29 is 4.42 Å². The standard InChI is InChI=1S/C33H24O/c1-20-6-8-26-17-27-10-9-24(18-29(27)28(26)14-20)22-4-3-5-23(16-22)25-11-13-33-31(19-25)30-15-21(2)7-12-32(30)34-33/h3-16,18-19H,17H2,1-2H3. The first-order valence-electron chi connectivity index (χ1n) is 11.9. The summed E-state index contributed by atoms with van der Waals surface area (Å²) in [4.78, 5) is 0. The van der Waals surface area contributed by atoms with E-state index in [9.17, 15) is 0 Å². The molecule has 1 nitrogen and oxygen atoms in total. The summed E-state index contributed by atoms with van der Waals surface area (Å²) >= 11 is 0. The van der Waals surface area contributed by atoms with E-state index in [0.29, 0.717) is 0 Å². The fraction of sp³-hybridized carbons (Fsp3) is 0.0909. The summed E-state index contributed by atoms with van der Waals surface area (Å²) in [6.07, 6.45) is 1.03. The van der Waals surface area contributed by atoms with Crippen molar-refractivity contribution in [1.82, 2.24) is 0 Å². The molecule has 1 aliphatic carbocycles. The zero-order valence-corrected chi connectivity index (χ0v) is 19.4. The van der Waals surface area contributed by atoms with Crippen LogP contribution in [-0.2, 0) is 6.42 Å². The predicted molar refractivity (Wildman–Crippen MR) is 142 cm³/mol. The summed E-state index contributed by atoms with van der Waals surface area (Å²) in [5.74, 6) is 0. The molecule has 0 unspecified atom stereocenters. The number of fused-ring (bicyclic) bond motifs is 6. The van der Waals surface area contributed by atoms with Crippen LogP contribution in [0.3, 0.4) is 0 Å². The van der Waals surface area contributed by atoms with Gasteiger partial charge in [-0.1, -0.05) is 71.8 Å². The lowest BCUT2D eigenvalue weighted by atomic mass is 9.95. The largest absolute Gasteiger partial charge is 0.456 e. The average molecular weight is 437 g/mol. The van der Waals surface area contributed by atoms with E-state index in [-0.39, 0.29) is 0 Å². The van der Waals surface area contributed by atoms with Crippen molar-refractivity contribution >= 4 is 21.9 Å². The van der Waals surface area contributed by atoms with Gasteiger partial charge >= 0.3 is 0 Å². The van der Waals surface area contributed by atoms with Crippen molar-refractivity contribution in [3.05, 3.63) is 119 Å². The molecule has 7 rings (SSSR count). The summed E-state index contributed by atoms with van der Waals surface area (Å²) in [6, 6.07) is 35.6. The molecule has 0 saturated carbocycles. The topological polar surface area (TPSA) is 13.1 Å². The van der Waals surface area contributed by atoms with Gasteiger partial charge in [0.25, 0.3) is 0 Å². The Morgan fingerprint density at radius 1 is 0.500 bits per heavy atom. The van der Waals surface area contributed by atoms with Crippen LogP contribution in [0.25, 0.3) is 55.3 Å². The molecule has 0 fully saturated rings. The molecule has 6 aromatic rings. The maximum absolute atomic E-state index is 6.07. The van der Waals surface area contributed by atoms with E-state index < -0.39 is 0 Å². The van der Waals surface area contributed by atoms with Crippen LogP contribution in [0.15, 0.2) is 101 Å². The van der Waals surface area contributed by atoms with Crippen molar-refractivity contribution in [2.24, 2.45) is 0 Å². The Balaban J connectivity index is 1.32. The molecule has 0 amide bonds. The molecule has 5 aromatic carbocycles. The Hall–Kier alpha value is -4.10. The number of furan rings is 1. The highest BCUT2D eigenvalue weighted by Gasteiger charge is 2.19. The van der Waals surface area contributed by atoms with Crippen molar-refractivity contribution in [1.29, 1.82) is 0 Å². The summed E-state index contributed by atoms with van der Waals surface area (Å²) < 4.78 is 6.07. The molecule has 0 N–H and O–H groups in total. The molecular weight excluding hydrogens is 412 g/mol. The fourth-order valence-electron chi connectivity index (χ4n) is 5.41. The summed E-state index contributed by atoms with van der Waals surface area (Å²) in [5.41, 5.74) is 15.0. The first-order valence-corrected chi connectivity index (χ1v) is 11.9. The van der Waals surface area contributed by atoms with E-state index in [4.69, 9.17) is 4.42 Å². The van der Waals surface area contributed by atoms with Gasteiger partial charge in [-0.3, -0.25) is 0 Å². The lowest BCUT2D eigenvalue weighted by molar-refractivity contribution is 0.669. The van der Waals surface area contributed by atoms with Gasteiger partial charge in [0, 0.05) is 10.8 Å². The van der Waals surface area contributed by atoms with Crippen molar-refractivity contribution in [2.75, 3.05) is 0 Å². The number of hydrogen-bond donors (Lipinski definition) is 0. The van der Waals surface area contributed by atoms with Crippen LogP contribution >= 0.6 is 0 Å². The highest BCUT2D eigenvalue weighted by molar-refractivity contribution is 6.06. The van der Waals surface area contributed by atoms with Gasteiger partial charge in [-0.2, -0.15) is 0 Å². The molecule has 1 heteroatoms. The van der Waals surface area contributed by atoms with E-state index in [1.807, 2.05) is 0 Å². The third-order valence-corrected chi connectivity index (χ3v) is 7.20. The molecule has 0 saturated heterocycles. The Morgan fingerprint density at radius 3 is 1.88 bits per heavy atom. The second-order valence-corrected chi connectivity index (χ2v) is 9.60. The number of rotatable bonds is 2. The van der Waals surface area contributed by atoms with Crippen LogP contribution < -0.4 is 0 Å². The Labute approximate surface area is 199 Å².